The smallest absolute Gasteiger partial charge is 0.308 e. The normalized spacial score (nSPS) is 14.7. The van der Waals surface area contributed by atoms with E-state index in [9.17, 15) is 9.18 Å². The van der Waals surface area contributed by atoms with Crippen LogP contribution in [0.3, 0.4) is 0 Å². The summed E-state index contributed by atoms with van der Waals surface area (Å²) in [6.45, 7) is 5.88. The van der Waals surface area contributed by atoms with Gasteiger partial charge in [0.05, 0.1) is 13.3 Å². The lowest BCUT2D eigenvalue weighted by Crippen LogP contribution is -2.47. The minimum atomic E-state index is -0.539. The summed E-state index contributed by atoms with van der Waals surface area (Å²) in [6, 6.07) is 2.98. The fraction of sp³-hybridized carbons (Fsp3) is 0.409. The van der Waals surface area contributed by atoms with Gasteiger partial charge in [-0.1, -0.05) is 0 Å². The predicted molar refractivity (Wildman–Crippen MR) is 115 cm³/mol. The van der Waals surface area contributed by atoms with Crippen molar-refractivity contribution in [3.8, 4) is 11.5 Å². The van der Waals surface area contributed by atoms with Gasteiger partial charge in [0.2, 0.25) is 0 Å². The zero-order chi connectivity index (χ0) is 21.8. The molecule has 1 aliphatic heterocycles. The van der Waals surface area contributed by atoms with Gasteiger partial charge in [-0.3, -0.25) is 9.69 Å². The van der Waals surface area contributed by atoms with E-state index >= 15 is 0 Å². The number of fused-ring (bicyclic) bond motifs is 1. The van der Waals surface area contributed by atoms with Gasteiger partial charge in [-0.05, 0) is 31.0 Å². The molecule has 1 aliphatic rings. The molecule has 0 atom stereocenters. The van der Waals surface area contributed by atoms with Gasteiger partial charge >= 0.3 is 5.97 Å². The zero-order valence-corrected chi connectivity index (χ0v) is 17.7. The van der Waals surface area contributed by atoms with E-state index < -0.39 is 11.8 Å². The fourth-order valence-corrected chi connectivity index (χ4v) is 3.99. The van der Waals surface area contributed by atoms with Crippen LogP contribution in [0.15, 0.2) is 30.9 Å². The minimum absolute atomic E-state index is 0.0495. The van der Waals surface area contributed by atoms with Crippen LogP contribution in [-0.2, 0) is 11.2 Å². The topological polar surface area (TPSA) is 83.6 Å². The van der Waals surface area contributed by atoms with Crippen molar-refractivity contribution in [3.63, 3.8) is 0 Å². The van der Waals surface area contributed by atoms with Crippen molar-refractivity contribution in [1.82, 2.24) is 19.9 Å². The first-order valence-corrected chi connectivity index (χ1v) is 10.3. The first-order chi connectivity index (χ1) is 15.0. The summed E-state index contributed by atoms with van der Waals surface area (Å²) in [7, 11) is 1.63. The fourth-order valence-electron chi connectivity index (χ4n) is 3.99. The number of anilines is 1. The van der Waals surface area contributed by atoms with Crippen molar-refractivity contribution in [3.05, 3.63) is 42.2 Å². The molecule has 0 aliphatic carbocycles. The highest BCUT2D eigenvalue weighted by atomic mass is 19.1. The Hall–Kier alpha value is -3.20. The van der Waals surface area contributed by atoms with Gasteiger partial charge in [0.1, 0.15) is 6.33 Å². The maximum Gasteiger partial charge on any atom is 0.308 e. The number of nitrogens with zero attached hydrogens (tertiary/aromatic N) is 4. The summed E-state index contributed by atoms with van der Waals surface area (Å²) in [5.41, 5.74) is 1.83. The molecule has 0 amide bonds. The van der Waals surface area contributed by atoms with Crippen molar-refractivity contribution < 1.29 is 18.7 Å². The van der Waals surface area contributed by atoms with Crippen molar-refractivity contribution >= 4 is 22.7 Å². The number of piperazine rings is 1. The number of aromatic nitrogens is 3. The molecule has 31 heavy (non-hydrogen) atoms. The van der Waals surface area contributed by atoms with Crippen LogP contribution in [0.4, 0.5) is 10.2 Å². The Bertz CT molecular complexity index is 1060. The van der Waals surface area contributed by atoms with E-state index in [4.69, 9.17) is 9.47 Å². The first-order valence-electron chi connectivity index (χ1n) is 10.3. The molecule has 1 N–H and O–H groups in total. The van der Waals surface area contributed by atoms with Gasteiger partial charge in [0, 0.05) is 56.3 Å². The number of aromatic amines is 1. The predicted octanol–water partition coefficient (Wildman–Crippen LogP) is 2.79. The van der Waals surface area contributed by atoms with E-state index in [2.05, 4.69) is 24.8 Å². The number of benzene rings is 1. The van der Waals surface area contributed by atoms with Gasteiger partial charge in [-0.2, -0.15) is 0 Å². The highest BCUT2D eigenvalue weighted by Crippen LogP contribution is 2.28. The largest absolute Gasteiger partial charge is 0.491 e. The lowest BCUT2D eigenvalue weighted by Gasteiger charge is -2.35. The number of ether oxygens (including phenoxy) is 2. The molecule has 1 saturated heterocycles. The number of nitrogens with one attached hydrogen (secondary N) is 1. The van der Waals surface area contributed by atoms with Crippen LogP contribution < -0.4 is 14.4 Å². The molecule has 3 heterocycles. The number of esters is 1. The summed E-state index contributed by atoms with van der Waals surface area (Å²) in [5, 5.41) is 0.828. The van der Waals surface area contributed by atoms with Crippen LogP contribution in [0, 0.1) is 5.82 Å². The Morgan fingerprint density at radius 3 is 2.77 bits per heavy atom. The van der Waals surface area contributed by atoms with Gasteiger partial charge < -0.3 is 19.4 Å². The zero-order valence-electron chi connectivity index (χ0n) is 17.7. The van der Waals surface area contributed by atoms with Gasteiger partial charge in [-0.15, -0.1) is 0 Å². The first kappa shape index (κ1) is 21.0. The third kappa shape index (κ3) is 4.77. The summed E-state index contributed by atoms with van der Waals surface area (Å²) >= 11 is 0. The lowest BCUT2D eigenvalue weighted by molar-refractivity contribution is -0.132. The van der Waals surface area contributed by atoms with Crippen molar-refractivity contribution in [1.29, 1.82) is 0 Å². The minimum Gasteiger partial charge on any atom is -0.491 e. The quantitative estimate of drug-likeness (QED) is 0.459. The van der Waals surface area contributed by atoms with Crippen LogP contribution in [-0.4, -0.2) is 65.7 Å². The lowest BCUT2D eigenvalue weighted by atomic mass is 10.1. The van der Waals surface area contributed by atoms with E-state index in [-0.39, 0.29) is 5.75 Å². The second-order valence-electron chi connectivity index (χ2n) is 7.58. The Balaban J connectivity index is 1.31. The number of hydrogen-bond acceptors (Lipinski definition) is 7. The summed E-state index contributed by atoms with van der Waals surface area (Å²) < 4.78 is 24.5. The molecule has 4 rings (SSSR count). The van der Waals surface area contributed by atoms with Crippen LogP contribution in [0.1, 0.15) is 18.9 Å². The van der Waals surface area contributed by atoms with Crippen LogP contribution >= 0.6 is 0 Å². The van der Waals surface area contributed by atoms with E-state index in [0.29, 0.717) is 5.75 Å². The Labute approximate surface area is 180 Å². The average molecular weight is 427 g/mol. The van der Waals surface area contributed by atoms with Crippen molar-refractivity contribution in [2.45, 2.75) is 19.8 Å². The SMILES string of the molecule is COc1cncnc1N1CCN(CCCc2c[nH]c3cc(OC(C)=O)c(F)cc23)CC1. The molecule has 0 unspecified atom stereocenters. The highest BCUT2D eigenvalue weighted by molar-refractivity contribution is 5.85. The average Bonchev–Trinajstić information content (AvgIpc) is 3.15. The number of halogens is 1. The Morgan fingerprint density at radius 1 is 1.23 bits per heavy atom. The van der Waals surface area contributed by atoms with Gasteiger partial charge in [0.15, 0.2) is 23.1 Å². The molecule has 0 bridgehead atoms. The van der Waals surface area contributed by atoms with E-state index in [0.717, 1.165) is 67.8 Å². The number of carbonyl (C=O) groups is 1. The van der Waals surface area contributed by atoms with Crippen molar-refractivity contribution in [2.24, 2.45) is 0 Å². The van der Waals surface area contributed by atoms with Crippen LogP contribution in [0.2, 0.25) is 0 Å². The second-order valence-corrected chi connectivity index (χ2v) is 7.58. The standard InChI is InChI=1S/C22H26FN5O3/c1-15(29)31-20-11-19-17(10-18(20)23)16(12-25-19)4-3-5-27-6-8-28(9-7-27)22-21(30-2)13-24-14-26-22/h10-14,25H,3-9H2,1-2H3. The molecular formula is C22H26FN5O3. The summed E-state index contributed by atoms with van der Waals surface area (Å²) in [6.07, 6.45) is 6.95. The van der Waals surface area contributed by atoms with Crippen LogP contribution in [0.5, 0.6) is 11.5 Å². The molecular weight excluding hydrogens is 401 g/mol. The number of methoxy groups -OCH3 is 1. The third-order valence-corrected chi connectivity index (χ3v) is 5.54. The summed E-state index contributed by atoms with van der Waals surface area (Å²) in [5.74, 6) is 0.417. The van der Waals surface area contributed by atoms with E-state index in [1.807, 2.05) is 6.20 Å². The monoisotopic (exact) mass is 427 g/mol. The molecule has 0 radical (unpaired) electrons. The third-order valence-electron chi connectivity index (χ3n) is 5.54. The highest BCUT2D eigenvalue weighted by Gasteiger charge is 2.20. The Kier molecular flexibility index (Phi) is 6.31. The number of carbonyl (C=O) groups excluding carboxylic acids is 1. The molecule has 3 aromatic rings. The van der Waals surface area contributed by atoms with Gasteiger partial charge in [0.25, 0.3) is 0 Å². The number of H-pyrrole nitrogens is 1. The number of aryl methyl sites for hydroxylation is 1. The van der Waals surface area contributed by atoms with Crippen LogP contribution in [0.25, 0.3) is 10.9 Å². The maximum absolute atomic E-state index is 14.3. The number of rotatable bonds is 7. The molecule has 0 spiro atoms. The van der Waals surface area contributed by atoms with E-state index in [1.54, 1.807) is 19.6 Å². The molecule has 1 aromatic carbocycles. The Morgan fingerprint density at radius 2 is 2.03 bits per heavy atom. The van der Waals surface area contributed by atoms with Crippen molar-refractivity contribution in [2.75, 3.05) is 44.7 Å². The molecule has 164 valence electrons. The molecule has 0 saturated carbocycles. The molecule has 2 aromatic heterocycles. The second kappa shape index (κ2) is 9.30. The molecule has 8 nitrogen and oxygen atoms in total. The molecule has 1 fully saturated rings. The van der Waals surface area contributed by atoms with Gasteiger partial charge in [-0.25, -0.2) is 14.4 Å². The maximum atomic E-state index is 14.3. The summed E-state index contributed by atoms with van der Waals surface area (Å²) in [4.78, 5) is 27.3. The molecule has 9 heteroatoms. The number of hydrogen-bond donors (Lipinski definition) is 1. The van der Waals surface area contributed by atoms with E-state index in [1.165, 1.54) is 19.1 Å².